The third-order valence-corrected chi connectivity index (χ3v) is 4.08. The molecule has 0 spiro atoms. The number of aryl methyl sites for hydroxylation is 1. The van der Waals surface area contributed by atoms with Crippen LogP contribution in [-0.2, 0) is 51.0 Å². The molecule has 1 aromatic rings. The molecule has 0 saturated carbocycles. The molecule has 0 bridgehead atoms. The van der Waals surface area contributed by atoms with Crippen LogP contribution in [0.25, 0.3) is 0 Å². The second-order valence-corrected chi connectivity index (χ2v) is 6.88. The molecule has 0 fully saturated rings. The first-order chi connectivity index (χ1) is 15.5. The molecule has 0 aliphatic carbocycles. The Balaban J connectivity index is 2.32. The maximum atomic E-state index is 11.8. The Morgan fingerprint density at radius 1 is 0.906 bits per heavy atom. The molecule has 0 amide bonds. The number of esters is 3. The molecule has 1 heterocycles. The van der Waals surface area contributed by atoms with Crippen molar-refractivity contribution in [3.63, 3.8) is 0 Å². The number of aromatic nitrogens is 3. The van der Waals surface area contributed by atoms with Crippen LogP contribution in [0.2, 0.25) is 0 Å². The zero-order valence-corrected chi connectivity index (χ0v) is 19.2. The van der Waals surface area contributed by atoms with E-state index in [1.165, 1.54) is 4.68 Å². The Morgan fingerprint density at radius 2 is 1.59 bits per heavy atom. The number of ether oxygens (including phenoxy) is 5. The minimum Gasteiger partial charge on any atom is -0.463 e. The summed E-state index contributed by atoms with van der Waals surface area (Å²) in [4.78, 5) is 34.9. The van der Waals surface area contributed by atoms with E-state index in [0.717, 1.165) is 6.42 Å². The van der Waals surface area contributed by atoms with Gasteiger partial charge in [0.15, 0.2) is 6.10 Å². The fraction of sp³-hybridized carbons (Fsp3) is 0.762. The molecule has 1 unspecified atom stereocenters. The Morgan fingerprint density at radius 3 is 2.28 bits per heavy atom. The quantitative estimate of drug-likeness (QED) is 0.182. The van der Waals surface area contributed by atoms with Crippen LogP contribution in [0.15, 0.2) is 6.20 Å². The third kappa shape index (κ3) is 13.0. The number of rotatable bonds is 18. The van der Waals surface area contributed by atoms with Crippen molar-refractivity contribution in [3.05, 3.63) is 11.9 Å². The van der Waals surface area contributed by atoms with E-state index in [2.05, 4.69) is 10.3 Å². The molecule has 1 rings (SSSR count). The first-order valence-corrected chi connectivity index (χ1v) is 11.0. The van der Waals surface area contributed by atoms with E-state index >= 15 is 0 Å². The molecule has 1 atom stereocenters. The van der Waals surface area contributed by atoms with Gasteiger partial charge in [-0.1, -0.05) is 26.0 Å². The summed E-state index contributed by atoms with van der Waals surface area (Å²) in [5.41, 5.74) is 0.595. The van der Waals surface area contributed by atoms with Crippen molar-refractivity contribution in [2.24, 2.45) is 0 Å². The van der Waals surface area contributed by atoms with Gasteiger partial charge in [-0.15, -0.1) is 5.10 Å². The second kappa shape index (κ2) is 17.1. The summed E-state index contributed by atoms with van der Waals surface area (Å²) >= 11 is 0. The summed E-state index contributed by atoms with van der Waals surface area (Å²) in [6, 6.07) is 0. The highest BCUT2D eigenvalue weighted by Gasteiger charge is 2.18. The predicted molar refractivity (Wildman–Crippen MR) is 113 cm³/mol. The Labute approximate surface area is 188 Å². The van der Waals surface area contributed by atoms with Gasteiger partial charge >= 0.3 is 17.9 Å². The van der Waals surface area contributed by atoms with Crippen LogP contribution in [0.3, 0.4) is 0 Å². The normalized spacial score (nSPS) is 11.7. The average Bonchev–Trinajstić information content (AvgIpc) is 3.24. The Kier molecular flexibility index (Phi) is 14.7. The fourth-order valence-corrected chi connectivity index (χ4v) is 2.42. The van der Waals surface area contributed by atoms with Crippen molar-refractivity contribution in [3.8, 4) is 0 Å². The van der Waals surface area contributed by atoms with Gasteiger partial charge in [0.2, 0.25) is 0 Å². The topological polar surface area (TPSA) is 128 Å². The lowest BCUT2D eigenvalue weighted by Gasteiger charge is -2.17. The van der Waals surface area contributed by atoms with Gasteiger partial charge < -0.3 is 23.7 Å². The number of hydrogen-bond acceptors (Lipinski definition) is 10. The van der Waals surface area contributed by atoms with Gasteiger partial charge in [-0.25, -0.2) is 4.68 Å². The van der Waals surface area contributed by atoms with E-state index in [-0.39, 0.29) is 51.0 Å². The standard InChI is InChI=1S/C21H35N3O8/c1-4-9-28-10-11-29-12-13-30-21(27)8-7-17-14-24(23-22-17)15-18(32-20(26)6-3)16-31-19(25)5-2/h14,18H,4-13,15-16H2,1-3H3. The number of carbonyl (C=O) groups excluding carboxylic acids is 3. The number of carbonyl (C=O) groups is 3. The van der Waals surface area contributed by atoms with Gasteiger partial charge in [0.25, 0.3) is 0 Å². The predicted octanol–water partition coefficient (Wildman–Crippen LogP) is 1.47. The molecule has 0 saturated heterocycles. The van der Waals surface area contributed by atoms with Crippen molar-refractivity contribution in [1.29, 1.82) is 0 Å². The van der Waals surface area contributed by atoms with Crippen molar-refractivity contribution < 1.29 is 38.1 Å². The Bertz CT molecular complexity index is 680. The van der Waals surface area contributed by atoms with Gasteiger partial charge in [0, 0.05) is 32.1 Å². The van der Waals surface area contributed by atoms with Crippen molar-refractivity contribution >= 4 is 17.9 Å². The lowest BCUT2D eigenvalue weighted by molar-refractivity contribution is -0.159. The van der Waals surface area contributed by atoms with Gasteiger partial charge in [0.1, 0.15) is 13.2 Å². The molecule has 0 N–H and O–H groups in total. The summed E-state index contributed by atoms with van der Waals surface area (Å²) in [7, 11) is 0. The zero-order valence-electron chi connectivity index (χ0n) is 19.2. The third-order valence-electron chi connectivity index (χ3n) is 4.08. The van der Waals surface area contributed by atoms with Gasteiger partial charge in [0.05, 0.1) is 38.5 Å². The van der Waals surface area contributed by atoms with Crippen LogP contribution < -0.4 is 0 Å². The molecule has 182 valence electrons. The minimum absolute atomic E-state index is 0.0628. The maximum Gasteiger partial charge on any atom is 0.306 e. The monoisotopic (exact) mass is 457 g/mol. The van der Waals surface area contributed by atoms with E-state index in [0.29, 0.717) is 38.5 Å². The molecule has 32 heavy (non-hydrogen) atoms. The summed E-state index contributed by atoms with van der Waals surface area (Å²) in [5, 5.41) is 8.00. The summed E-state index contributed by atoms with van der Waals surface area (Å²) in [6.07, 6.45) is 2.89. The molecule has 0 aliphatic heterocycles. The van der Waals surface area contributed by atoms with E-state index in [9.17, 15) is 14.4 Å². The van der Waals surface area contributed by atoms with Crippen LogP contribution in [0.5, 0.6) is 0 Å². The van der Waals surface area contributed by atoms with Crippen LogP contribution >= 0.6 is 0 Å². The van der Waals surface area contributed by atoms with Gasteiger partial charge in [-0.3, -0.25) is 14.4 Å². The van der Waals surface area contributed by atoms with E-state index in [4.69, 9.17) is 23.7 Å². The molecule has 0 aromatic carbocycles. The van der Waals surface area contributed by atoms with Crippen molar-refractivity contribution in [2.75, 3.05) is 39.6 Å². The molecule has 0 radical (unpaired) electrons. The first-order valence-electron chi connectivity index (χ1n) is 11.0. The molecular formula is C21H35N3O8. The van der Waals surface area contributed by atoms with Crippen LogP contribution in [0.1, 0.15) is 52.1 Å². The summed E-state index contributed by atoms with van der Waals surface area (Å²) < 4.78 is 27.6. The van der Waals surface area contributed by atoms with E-state index in [1.54, 1.807) is 20.0 Å². The fourth-order valence-electron chi connectivity index (χ4n) is 2.42. The van der Waals surface area contributed by atoms with Crippen molar-refractivity contribution in [1.82, 2.24) is 15.0 Å². The van der Waals surface area contributed by atoms with Gasteiger partial charge in [-0.2, -0.15) is 0 Å². The van der Waals surface area contributed by atoms with Crippen LogP contribution in [-0.4, -0.2) is 78.6 Å². The highest BCUT2D eigenvalue weighted by molar-refractivity contribution is 5.70. The first kappa shape index (κ1) is 27.5. The lowest BCUT2D eigenvalue weighted by atomic mass is 10.2. The number of nitrogens with zero attached hydrogens (tertiary/aromatic N) is 3. The lowest BCUT2D eigenvalue weighted by Crippen LogP contribution is -2.29. The molecule has 1 aromatic heterocycles. The minimum atomic E-state index is -0.676. The van der Waals surface area contributed by atoms with Crippen LogP contribution in [0, 0.1) is 0 Å². The highest BCUT2D eigenvalue weighted by Crippen LogP contribution is 2.05. The Hall–Kier alpha value is -2.53. The summed E-state index contributed by atoms with van der Waals surface area (Å²) in [6.45, 7) is 7.71. The van der Waals surface area contributed by atoms with Crippen molar-refractivity contribution in [2.45, 2.75) is 65.5 Å². The molecular weight excluding hydrogens is 422 g/mol. The summed E-state index contributed by atoms with van der Waals surface area (Å²) in [5.74, 6) is -1.13. The maximum absolute atomic E-state index is 11.8. The smallest absolute Gasteiger partial charge is 0.306 e. The number of hydrogen-bond donors (Lipinski definition) is 0. The molecule has 11 heteroatoms. The second-order valence-electron chi connectivity index (χ2n) is 6.88. The van der Waals surface area contributed by atoms with E-state index in [1.807, 2.05) is 6.92 Å². The highest BCUT2D eigenvalue weighted by atomic mass is 16.6. The largest absolute Gasteiger partial charge is 0.463 e. The SMILES string of the molecule is CCCOCCOCCOC(=O)CCc1cn(CC(COC(=O)CC)OC(=O)CC)nn1. The average molecular weight is 458 g/mol. The molecule has 11 nitrogen and oxygen atoms in total. The molecule has 0 aliphatic rings. The van der Waals surface area contributed by atoms with Gasteiger partial charge in [-0.05, 0) is 6.42 Å². The van der Waals surface area contributed by atoms with E-state index < -0.39 is 12.1 Å². The van der Waals surface area contributed by atoms with Crippen LogP contribution in [0.4, 0.5) is 0 Å². The zero-order chi connectivity index (χ0) is 23.6.